The smallest absolute Gasteiger partial charge is 0.255 e. The number of rotatable bonds is 8. The van der Waals surface area contributed by atoms with Crippen LogP contribution in [-0.4, -0.2) is 82.2 Å². The molecule has 0 saturated carbocycles. The van der Waals surface area contributed by atoms with E-state index in [0.29, 0.717) is 30.0 Å². The Labute approximate surface area is 242 Å². The molecule has 0 unspecified atom stereocenters. The van der Waals surface area contributed by atoms with E-state index in [1.54, 1.807) is 14.1 Å². The van der Waals surface area contributed by atoms with Crippen molar-refractivity contribution in [3.63, 3.8) is 0 Å². The number of aromatic hydroxyl groups is 1. The molecular weight excluding hydrogens is 542 g/mol. The van der Waals surface area contributed by atoms with Crippen LogP contribution in [0.2, 0.25) is 0 Å². The SMILES string of the molecule is COc1c(CNCCc2ccccc2)cc(O)c2c1C[C@H]1C[C@H]3[C@H](N(C)C)C(O)=C(C(N)=O)C(=O)[C@@]3(O)C(O)=C1C2=O. The molecule has 0 aromatic heterocycles. The maximum atomic E-state index is 13.9. The zero-order valence-electron chi connectivity index (χ0n) is 23.7. The van der Waals surface area contributed by atoms with E-state index in [1.807, 2.05) is 30.3 Å². The number of nitrogens with one attached hydrogen (secondary N) is 1. The van der Waals surface area contributed by atoms with Crippen molar-refractivity contribution >= 4 is 17.5 Å². The molecule has 3 aliphatic carbocycles. The van der Waals surface area contributed by atoms with E-state index in [4.69, 9.17) is 10.5 Å². The number of nitrogens with two attached hydrogens (primary N) is 1. The number of ketones is 2. The molecule has 222 valence electrons. The Morgan fingerprint density at radius 3 is 2.48 bits per heavy atom. The molecule has 7 N–H and O–H groups in total. The summed E-state index contributed by atoms with van der Waals surface area (Å²) in [5, 5.41) is 48.4. The molecule has 1 amide bonds. The minimum absolute atomic E-state index is 0.00916. The van der Waals surface area contributed by atoms with Gasteiger partial charge >= 0.3 is 0 Å². The molecule has 0 spiro atoms. The number of aliphatic hydroxyl groups excluding tert-OH is 2. The maximum absolute atomic E-state index is 13.9. The Kier molecular flexibility index (Phi) is 7.61. The van der Waals surface area contributed by atoms with Crippen LogP contribution < -0.4 is 15.8 Å². The van der Waals surface area contributed by atoms with Crippen LogP contribution >= 0.6 is 0 Å². The number of carbonyl (C=O) groups is 3. The van der Waals surface area contributed by atoms with Crippen LogP contribution in [0.15, 0.2) is 59.1 Å². The Bertz CT molecular complexity index is 1530. The first kappa shape index (κ1) is 29.3. The van der Waals surface area contributed by atoms with Gasteiger partial charge in [0.2, 0.25) is 5.78 Å². The number of likely N-dealkylation sites (N-methyl/N-ethyl adjacent to an activating group) is 1. The van der Waals surface area contributed by atoms with Gasteiger partial charge in [0.05, 0.1) is 18.7 Å². The van der Waals surface area contributed by atoms with Crippen molar-refractivity contribution in [2.45, 2.75) is 37.5 Å². The van der Waals surface area contributed by atoms with Crippen molar-refractivity contribution in [1.82, 2.24) is 10.2 Å². The summed E-state index contributed by atoms with van der Waals surface area (Å²) in [5.41, 5.74) is 3.85. The van der Waals surface area contributed by atoms with Crippen LogP contribution in [0.25, 0.3) is 0 Å². The van der Waals surface area contributed by atoms with Gasteiger partial charge in [-0.05, 0) is 57.5 Å². The van der Waals surface area contributed by atoms with Crippen molar-refractivity contribution < 1.29 is 39.5 Å². The minimum atomic E-state index is -2.67. The largest absolute Gasteiger partial charge is 0.510 e. The Hall–Kier alpha value is -4.19. The fourth-order valence-electron chi connectivity index (χ4n) is 6.85. The number of amides is 1. The number of phenolic OH excluding ortho intramolecular Hbond substituents is 1. The van der Waals surface area contributed by atoms with Crippen molar-refractivity contribution in [2.24, 2.45) is 17.6 Å². The predicted molar refractivity (Wildman–Crippen MR) is 152 cm³/mol. The lowest BCUT2D eigenvalue weighted by Gasteiger charge is -2.50. The predicted octanol–water partition coefficient (Wildman–Crippen LogP) is 1.46. The van der Waals surface area contributed by atoms with E-state index in [1.165, 1.54) is 23.6 Å². The van der Waals surface area contributed by atoms with E-state index >= 15 is 0 Å². The van der Waals surface area contributed by atoms with E-state index in [-0.39, 0.29) is 29.7 Å². The summed E-state index contributed by atoms with van der Waals surface area (Å²) in [6.45, 7) is 1.02. The van der Waals surface area contributed by atoms with E-state index < -0.39 is 58.0 Å². The molecule has 0 saturated heterocycles. The zero-order valence-corrected chi connectivity index (χ0v) is 23.7. The minimum Gasteiger partial charge on any atom is -0.510 e. The number of methoxy groups -OCH3 is 1. The molecule has 11 nitrogen and oxygen atoms in total. The zero-order chi connectivity index (χ0) is 30.5. The van der Waals surface area contributed by atoms with E-state index in [9.17, 15) is 34.8 Å². The maximum Gasteiger partial charge on any atom is 0.255 e. The first-order chi connectivity index (χ1) is 19.9. The summed E-state index contributed by atoms with van der Waals surface area (Å²) in [7, 11) is 4.65. The number of carbonyl (C=O) groups excluding carboxylic acids is 3. The molecule has 0 bridgehead atoms. The Morgan fingerprint density at radius 2 is 1.86 bits per heavy atom. The van der Waals surface area contributed by atoms with Gasteiger partial charge in [-0.2, -0.15) is 0 Å². The molecule has 5 rings (SSSR count). The number of Topliss-reactive ketones (excluding diaryl/α,β-unsaturated/α-hetero) is 2. The van der Waals surface area contributed by atoms with E-state index in [0.717, 1.165) is 6.42 Å². The summed E-state index contributed by atoms with van der Waals surface area (Å²) in [4.78, 5) is 40.9. The van der Waals surface area contributed by atoms with Gasteiger partial charge in [-0.3, -0.25) is 19.3 Å². The number of allylic oxidation sites excluding steroid dienone is 1. The van der Waals surface area contributed by atoms with Gasteiger partial charge in [0.25, 0.3) is 5.91 Å². The third-order valence-electron chi connectivity index (χ3n) is 8.70. The number of hydrogen-bond donors (Lipinski definition) is 6. The molecule has 0 radical (unpaired) electrons. The summed E-state index contributed by atoms with van der Waals surface area (Å²) in [5.74, 6) is -6.45. The van der Waals surface area contributed by atoms with Crippen LogP contribution in [-0.2, 0) is 29.0 Å². The molecule has 0 heterocycles. The van der Waals surface area contributed by atoms with Gasteiger partial charge < -0.3 is 36.2 Å². The van der Waals surface area contributed by atoms with Gasteiger partial charge in [0, 0.05) is 29.2 Å². The molecule has 42 heavy (non-hydrogen) atoms. The van der Waals surface area contributed by atoms with Gasteiger partial charge in [-0.1, -0.05) is 30.3 Å². The second-order valence-electron chi connectivity index (χ2n) is 11.3. The fourth-order valence-corrected chi connectivity index (χ4v) is 6.85. The van der Waals surface area contributed by atoms with Crippen LogP contribution in [0.1, 0.15) is 33.5 Å². The highest BCUT2D eigenvalue weighted by Gasteiger charge is 2.63. The monoisotopic (exact) mass is 577 g/mol. The van der Waals surface area contributed by atoms with E-state index in [2.05, 4.69) is 5.32 Å². The topological polar surface area (TPSA) is 183 Å². The molecule has 2 aromatic rings. The number of primary amides is 1. The number of ether oxygens (including phenoxy) is 1. The second-order valence-corrected chi connectivity index (χ2v) is 11.3. The quantitative estimate of drug-likeness (QED) is 0.198. The molecule has 4 atom stereocenters. The van der Waals surface area contributed by atoms with Crippen LogP contribution in [0, 0.1) is 11.8 Å². The molecule has 0 aliphatic heterocycles. The Balaban J connectivity index is 1.53. The third kappa shape index (κ3) is 4.44. The number of nitrogens with zero attached hydrogens (tertiary/aromatic N) is 1. The number of fused-ring (bicyclic) bond motifs is 3. The van der Waals surface area contributed by atoms with Crippen LogP contribution in [0.3, 0.4) is 0 Å². The van der Waals surface area contributed by atoms with Gasteiger partial charge in [0.1, 0.15) is 28.6 Å². The lowest BCUT2D eigenvalue weighted by molar-refractivity contribution is -0.148. The highest BCUT2D eigenvalue weighted by atomic mass is 16.5. The van der Waals surface area contributed by atoms with Crippen molar-refractivity contribution in [3.05, 3.63) is 81.3 Å². The molecule has 11 heteroatoms. The number of benzene rings is 2. The molecule has 3 aliphatic rings. The normalized spacial score (nSPS) is 25.3. The third-order valence-corrected chi connectivity index (χ3v) is 8.70. The lowest BCUT2D eigenvalue weighted by atomic mass is 9.58. The van der Waals surface area contributed by atoms with Crippen molar-refractivity contribution in [2.75, 3.05) is 27.7 Å². The van der Waals surface area contributed by atoms with Crippen LogP contribution in [0.4, 0.5) is 0 Å². The first-order valence-electron chi connectivity index (χ1n) is 13.7. The molecule has 2 aromatic carbocycles. The summed E-state index contributed by atoms with van der Waals surface area (Å²) < 4.78 is 5.74. The molecule has 0 fully saturated rings. The number of phenols is 1. The van der Waals surface area contributed by atoms with Crippen molar-refractivity contribution in [3.8, 4) is 11.5 Å². The summed E-state index contributed by atoms with van der Waals surface area (Å²) in [6, 6.07) is 10.4. The number of hydrogen-bond acceptors (Lipinski definition) is 10. The van der Waals surface area contributed by atoms with Crippen LogP contribution in [0.5, 0.6) is 11.5 Å². The lowest BCUT2D eigenvalue weighted by Crippen LogP contribution is -2.63. The second kappa shape index (κ2) is 10.9. The fraction of sp³-hybridized carbons (Fsp3) is 0.387. The highest BCUT2D eigenvalue weighted by molar-refractivity contribution is 6.24. The average Bonchev–Trinajstić information content (AvgIpc) is 2.93. The number of aliphatic hydroxyl groups is 3. The summed E-state index contributed by atoms with van der Waals surface area (Å²) >= 11 is 0. The first-order valence-corrected chi connectivity index (χ1v) is 13.7. The highest BCUT2D eigenvalue weighted by Crippen LogP contribution is 2.53. The Morgan fingerprint density at radius 1 is 1.17 bits per heavy atom. The van der Waals surface area contributed by atoms with Gasteiger partial charge in [-0.25, -0.2) is 0 Å². The molecular formula is C31H35N3O8. The van der Waals surface area contributed by atoms with Gasteiger partial charge in [-0.15, -0.1) is 0 Å². The van der Waals surface area contributed by atoms with Gasteiger partial charge in [0.15, 0.2) is 11.4 Å². The summed E-state index contributed by atoms with van der Waals surface area (Å²) in [6.07, 6.45) is 0.960. The standard InChI is InChI=1S/C31H35N3O8/c1-34(2)24-19-12-16-11-18-22(25(36)21(16)28(38)31(19,41)29(39)23(26(24)37)30(32)40)20(35)13-17(27(18)42-3)14-33-10-9-15-7-5-4-6-8-15/h4-8,13,16,19,24,33,35,37-38,41H,9-12,14H2,1-3H3,(H2,32,40)/t16-,19-,24-,31-/m0/s1. The average molecular weight is 578 g/mol. The van der Waals surface area contributed by atoms with Crippen molar-refractivity contribution in [1.29, 1.82) is 0 Å².